The summed E-state index contributed by atoms with van der Waals surface area (Å²) in [5.74, 6) is 0.680. The number of benzene rings is 1. The number of nitrogens with one attached hydrogen (secondary N) is 1. The van der Waals surface area contributed by atoms with E-state index < -0.39 is 0 Å². The van der Waals surface area contributed by atoms with Crippen molar-refractivity contribution in [3.8, 4) is 0 Å². The molecule has 0 aliphatic heterocycles. The molecule has 0 bridgehead atoms. The Morgan fingerprint density at radius 1 is 1.50 bits per heavy atom. The summed E-state index contributed by atoms with van der Waals surface area (Å²) >= 11 is 3.32. The van der Waals surface area contributed by atoms with Crippen molar-refractivity contribution >= 4 is 33.2 Å². The van der Waals surface area contributed by atoms with E-state index in [0.29, 0.717) is 18.0 Å². The maximum absolute atomic E-state index is 11.6. The summed E-state index contributed by atoms with van der Waals surface area (Å²) < 4.78 is 0.851. The number of hydrogen-bond donors (Lipinski definition) is 2. The van der Waals surface area contributed by atoms with E-state index in [1.54, 1.807) is 6.07 Å². The van der Waals surface area contributed by atoms with E-state index in [1.807, 2.05) is 12.1 Å². The minimum absolute atomic E-state index is 0.0893. The van der Waals surface area contributed by atoms with Crippen LogP contribution in [-0.4, -0.2) is 5.91 Å². The molecule has 1 aliphatic rings. The van der Waals surface area contributed by atoms with Crippen molar-refractivity contribution in [1.82, 2.24) is 0 Å². The van der Waals surface area contributed by atoms with Crippen LogP contribution in [0.2, 0.25) is 0 Å². The first-order valence-corrected chi connectivity index (χ1v) is 6.29. The minimum Gasteiger partial charge on any atom is -0.398 e. The highest BCUT2D eigenvalue weighted by atomic mass is 79.9. The molecule has 1 aliphatic carbocycles. The maximum atomic E-state index is 11.6. The fourth-order valence-electron chi connectivity index (χ4n) is 1.79. The molecule has 0 radical (unpaired) electrons. The smallest absolute Gasteiger partial charge is 0.224 e. The van der Waals surface area contributed by atoms with Gasteiger partial charge in [-0.1, -0.05) is 6.42 Å². The van der Waals surface area contributed by atoms with Crippen LogP contribution in [0, 0.1) is 5.92 Å². The van der Waals surface area contributed by atoms with Crippen LogP contribution in [-0.2, 0) is 4.79 Å². The van der Waals surface area contributed by atoms with Gasteiger partial charge in [0.25, 0.3) is 0 Å². The highest BCUT2D eigenvalue weighted by Gasteiger charge is 2.20. The van der Waals surface area contributed by atoms with Gasteiger partial charge >= 0.3 is 0 Å². The topological polar surface area (TPSA) is 55.1 Å². The zero-order valence-electron chi connectivity index (χ0n) is 9.00. The zero-order chi connectivity index (χ0) is 11.5. The summed E-state index contributed by atoms with van der Waals surface area (Å²) in [7, 11) is 0. The molecular formula is C12H15BrN2O. The Kier molecular flexibility index (Phi) is 3.49. The molecule has 3 N–H and O–H groups in total. The third kappa shape index (κ3) is 2.76. The van der Waals surface area contributed by atoms with Crippen molar-refractivity contribution < 1.29 is 4.79 Å². The van der Waals surface area contributed by atoms with Crippen molar-refractivity contribution in [2.45, 2.75) is 25.7 Å². The Balaban J connectivity index is 1.92. The van der Waals surface area contributed by atoms with Crippen LogP contribution in [0.1, 0.15) is 25.7 Å². The molecule has 0 atom stereocenters. The SMILES string of the molecule is Nc1cc(NC(=O)CC2CCC2)ccc1Br. The summed E-state index contributed by atoms with van der Waals surface area (Å²) in [4.78, 5) is 11.6. The number of nitrogens with two attached hydrogens (primary N) is 1. The van der Waals surface area contributed by atoms with E-state index in [-0.39, 0.29) is 5.91 Å². The van der Waals surface area contributed by atoms with Gasteiger partial charge in [0.1, 0.15) is 0 Å². The molecule has 0 heterocycles. The number of halogens is 1. The average molecular weight is 283 g/mol. The molecule has 1 saturated carbocycles. The van der Waals surface area contributed by atoms with Crippen LogP contribution in [0.25, 0.3) is 0 Å². The van der Waals surface area contributed by atoms with Gasteiger partial charge in [-0.05, 0) is 52.9 Å². The number of amides is 1. The van der Waals surface area contributed by atoms with Crippen LogP contribution in [0.4, 0.5) is 11.4 Å². The van der Waals surface area contributed by atoms with E-state index in [1.165, 1.54) is 19.3 Å². The third-order valence-electron chi connectivity index (χ3n) is 2.98. The van der Waals surface area contributed by atoms with Gasteiger partial charge in [-0.25, -0.2) is 0 Å². The fourth-order valence-corrected chi connectivity index (χ4v) is 2.04. The molecule has 1 aromatic carbocycles. The van der Waals surface area contributed by atoms with Gasteiger partial charge in [-0.3, -0.25) is 4.79 Å². The number of nitrogen functional groups attached to an aromatic ring is 1. The normalized spacial score (nSPS) is 15.6. The molecular weight excluding hydrogens is 268 g/mol. The first kappa shape index (κ1) is 11.5. The Morgan fingerprint density at radius 3 is 2.81 bits per heavy atom. The molecule has 3 nitrogen and oxygen atoms in total. The van der Waals surface area contributed by atoms with Crippen molar-refractivity contribution in [3.63, 3.8) is 0 Å². The van der Waals surface area contributed by atoms with Gasteiger partial charge < -0.3 is 11.1 Å². The predicted molar refractivity (Wildman–Crippen MR) is 69.1 cm³/mol. The average Bonchev–Trinajstić information content (AvgIpc) is 2.18. The zero-order valence-corrected chi connectivity index (χ0v) is 10.6. The second-order valence-corrected chi connectivity index (χ2v) is 5.14. The van der Waals surface area contributed by atoms with E-state index in [0.717, 1.165) is 10.2 Å². The molecule has 16 heavy (non-hydrogen) atoms. The van der Waals surface area contributed by atoms with Crippen molar-refractivity contribution in [2.75, 3.05) is 11.1 Å². The quantitative estimate of drug-likeness (QED) is 0.837. The first-order valence-electron chi connectivity index (χ1n) is 5.50. The molecule has 86 valence electrons. The lowest BCUT2D eigenvalue weighted by Gasteiger charge is -2.24. The standard InChI is InChI=1S/C12H15BrN2O/c13-10-5-4-9(7-11(10)14)15-12(16)6-8-2-1-3-8/h4-5,7-8H,1-3,6,14H2,(H,15,16). The monoisotopic (exact) mass is 282 g/mol. The third-order valence-corrected chi connectivity index (χ3v) is 3.70. The Morgan fingerprint density at radius 2 is 2.25 bits per heavy atom. The fraction of sp³-hybridized carbons (Fsp3) is 0.417. The van der Waals surface area contributed by atoms with Gasteiger partial charge in [-0.15, -0.1) is 0 Å². The van der Waals surface area contributed by atoms with Crippen molar-refractivity contribution in [1.29, 1.82) is 0 Å². The highest BCUT2D eigenvalue weighted by Crippen LogP contribution is 2.30. The Bertz CT molecular complexity index is 402. The van der Waals surface area contributed by atoms with Crippen molar-refractivity contribution in [2.24, 2.45) is 5.92 Å². The second-order valence-electron chi connectivity index (χ2n) is 4.29. The van der Waals surface area contributed by atoms with Crippen LogP contribution in [0.15, 0.2) is 22.7 Å². The molecule has 1 amide bonds. The van der Waals surface area contributed by atoms with Gasteiger partial charge in [0.2, 0.25) is 5.91 Å². The molecule has 0 unspecified atom stereocenters. The summed E-state index contributed by atoms with van der Waals surface area (Å²) in [6.07, 6.45) is 4.28. The van der Waals surface area contributed by atoms with E-state index in [4.69, 9.17) is 5.73 Å². The highest BCUT2D eigenvalue weighted by molar-refractivity contribution is 9.10. The number of anilines is 2. The van der Waals surface area contributed by atoms with Crippen LogP contribution < -0.4 is 11.1 Å². The van der Waals surface area contributed by atoms with Crippen LogP contribution in [0.3, 0.4) is 0 Å². The van der Waals surface area contributed by atoms with Crippen molar-refractivity contribution in [3.05, 3.63) is 22.7 Å². The summed E-state index contributed by atoms with van der Waals surface area (Å²) in [6, 6.07) is 5.45. The van der Waals surface area contributed by atoms with E-state index >= 15 is 0 Å². The predicted octanol–water partition coefficient (Wildman–Crippen LogP) is 3.16. The van der Waals surface area contributed by atoms with E-state index in [2.05, 4.69) is 21.2 Å². The van der Waals surface area contributed by atoms with Gasteiger partial charge in [0.15, 0.2) is 0 Å². The number of hydrogen-bond acceptors (Lipinski definition) is 2. The summed E-state index contributed by atoms with van der Waals surface area (Å²) in [5, 5.41) is 2.87. The molecule has 0 spiro atoms. The molecule has 4 heteroatoms. The van der Waals surface area contributed by atoms with E-state index in [9.17, 15) is 4.79 Å². The Hall–Kier alpha value is -1.03. The Labute approximate surface area is 104 Å². The minimum atomic E-state index is 0.0893. The molecule has 1 fully saturated rings. The number of rotatable bonds is 3. The lowest BCUT2D eigenvalue weighted by Crippen LogP contribution is -2.20. The van der Waals surface area contributed by atoms with Crippen LogP contribution >= 0.6 is 15.9 Å². The summed E-state index contributed by atoms with van der Waals surface area (Å²) in [6.45, 7) is 0. The van der Waals surface area contributed by atoms with Gasteiger partial charge in [0, 0.05) is 22.3 Å². The van der Waals surface area contributed by atoms with Crippen LogP contribution in [0.5, 0.6) is 0 Å². The molecule has 1 aromatic rings. The molecule has 0 saturated heterocycles. The van der Waals surface area contributed by atoms with Gasteiger partial charge in [0.05, 0.1) is 0 Å². The molecule has 2 rings (SSSR count). The lowest BCUT2D eigenvalue weighted by molar-refractivity contribution is -0.117. The number of carbonyl (C=O) groups excluding carboxylic acids is 1. The second kappa shape index (κ2) is 4.87. The van der Waals surface area contributed by atoms with Gasteiger partial charge in [-0.2, -0.15) is 0 Å². The lowest BCUT2D eigenvalue weighted by atomic mass is 9.83. The first-order chi connectivity index (χ1) is 7.65. The maximum Gasteiger partial charge on any atom is 0.224 e. The molecule has 0 aromatic heterocycles. The summed E-state index contributed by atoms with van der Waals surface area (Å²) in [5.41, 5.74) is 7.15. The number of carbonyl (C=O) groups is 1. The largest absolute Gasteiger partial charge is 0.398 e.